The number of nitrogens with zero attached hydrogens (tertiary/aromatic N) is 2. The Morgan fingerprint density at radius 1 is 0.871 bits per heavy atom. The van der Waals surface area contributed by atoms with Crippen molar-refractivity contribution in [2.75, 3.05) is 44.2 Å². The summed E-state index contributed by atoms with van der Waals surface area (Å²) in [6, 6.07) is 16.8. The molecule has 1 saturated heterocycles. The zero-order valence-electron chi connectivity index (χ0n) is 17.1. The van der Waals surface area contributed by atoms with Crippen LogP contribution in [0.1, 0.15) is 5.56 Å². The number of ether oxygens (including phenoxy) is 1. The molecule has 2 aromatic rings. The molecule has 1 aliphatic heterocycles. The average Bonchev–Trinajstić information content (AvgIpc) is 2.81. The Labute approximate surface area is 186 Å². The third-order valence-electron chi connectivity index (χ3n) is 4.87. The van der Waals surface area contributed by atoms with Crippen LogP contribution in [-0.2, 0) is 20.9 Å². The lowest BCUT2D eigenvalue weighted by molar-refractivity contribution is -0.132. The molecular weight excluding hydrogens is 420 g/mol. The highest BCUT2D eigenvalue weighted by Crippen LogP contribution is 2.19. The van der Waals surface area contributed by atoms with Crippen LogP contribution in [0, 0.1) is 0 Å². The maximum Gasteiger partial charge on any atom is 0.407 e. The Morgan fingerprint density at radius 2 is 1.55 bits per heavy atom. The van der Waals surface area contributed by atoms with Gasteiger partial charge in [0, 0.05) is 36.9 Å². The third kappa shape index (κ3) is 7.18. The fourth-order valence-electron chi connectivity index (χ4n) is 3.14. The van der Waals surface area contributed by atoms with E-state index in [1.54, 1.807) is 4.90 Å². The Balaban J connectivity index is 1.31. The van der Waals surface area contributed by atoms with E-state index >= 15 is 0 Å². The number of amides is 3. The lowest BCUT2D eigenvalue weighted by atomic mass is 10.2. The third-order valence-corrected chi connectivity index (χ3v) is 5.12. The number of carbonyl (C=O) groups is 3. The second kappa shape index (κ2) is 11.2. The first-order chi connectivity index (χ1) is 15.0. The number of nitrogens with one attached hydrogen (secondary N) is 2. The smallest absolute Gasteiger partial charge is 0.407 e. The minimum Gasteiger partial charge on any atom is -0.445 e. The minimum absolute atomic E-state index is 0.111. The minimum atomic E-state index is -0.691. The molecule has 1 heterocycles. The van der Waals surface area contributed by atoms with E-state index in [2.05, 4.69) is 15.5 Å². The van der Waals surface area contributed by atoms with E-state index in [0.29, 0.717) is 31.2 Å². The van der Waals surface area contributed by atoms with E-state index in [4.69, 9.17) is 16.3 Å². The molecule has 1 aliphatic rings. The van der Waals surface area contributed by atoms with E-state index in [1.807, 2.05) is 54.6 Å². The standard InChI is InChI=1S/C22H25ClN4O4/c23-18-6-8-19(9-7-18)26-10-12-27(13-11-26)21(29)15-24-20(28)14-25-22(30)31-16-17-4-2-1-3-5-17/h1-9H,10-16H2,(H,24,28)(H,25,30). The second-order valence-corrected chi connectivity index (χ2v) is 7.47. The highest BCUT2D eigenvalue weighted by atomic mass is 35.5. The predicted octanol–water partition coefficient (Wildman–Crippen LogP) is 2.03. The topological polar surface area (TPSA) is 91.0 Å². The molecule has 164 valence electrons. The molecule has 9 heteroatoms. The summed E-state index contributed by atoms with van der Waals surface area (Å²) in [6.45, 7) is 2.30. The lowest BCUT2D eigenvalue weighted by Crippen LogP contribution is -2.51. The van der Waals surface area contributed by atoms with Gasteiger partial charge in [-0.3, -0.25) is 9.59 Å². The molecule has 0 spiro atoms. The average molecular weight is 445 g/mol. The van der Waals surface area contributed by atoms with Gasteiger partial charge in [-0.15, -0.1) is 0 Å². The van der Waals surface area contributed by atoms with Crippen LogP contribution in [0.4, 0.5) is 10.5 Å². The fourth-order valence-corrected chi connectivity index (χ4v) is 3.27. The normalized spacial score (nSPS) is 13.5. The molecule has 31 heavy (non-hydrogen) atoms. The number of hydrogen-bond donors (Lipinski definition) is 2. The number of benzene rings is 2. The van der Waals surface area contributed by atoms with Gasteiger partial charge in [0.2, 0.25) is 11.8 Å². The van der Waals surface area contributed by atoms with E-state index in [0.717, 1.165) is 11.3 Å². The first kappa shape index (κ1) is 22.4. The number of anilines is 1. The van der Waals surface area contributed by atoms with Crippen molar-refractivity contribution in [3.8, 4) is 0 Å². The quantitative estimate of drug-likeness (QED) is 0.682. The number of rotatable bonds is 7. The van der Waals surface area contributed by atoms with Crippen molar-refractivity contribution in [2.24, 2.45) is 0 Å². The number of carbonyl (C=O) groups excluding carboxylic acids is 3. The van der Waals surface area contributed by atoms with E-state index in [-0.39, 0.29) is 25.6 Å². The number of alkyl carbamates (subject to hydrolysis) is 1. The molecule has 8 nitrogen and oxygen atoms in total. The van der Waals surface area contributed by atoms with Crippen molar-refractivity contribution in [2.45, 2.75) is 6.61 Å². The number of hydrogen-bond acceptors (Lipinski definition) is 5. The van der Waals surface area contributed by atoms with Gasteiger partial charge < -0.3 is 25.2 Å². The van der Waals surface area contributed by atoms with Crippen molar-refractivity contribution >= 4 is 35.2 Å². The van der Waals surface area contributed by atoms with Crippen molar-refractivity contribution < 1.29 is 19.1 Å². The van der Waals surface area contributed by atoms with Crippen molar-refractivity contribution in [1.82, 2.24) is 15.5 Å². The molecule has 3 rings (SSSR count). The Bertz CT molecular complexity index is 884. The predicted molar refractivity (Wildman–Crippen MR) is 118 cm³/mol. The maximum atomic E-state index is 12.4. The Kier molecular flexibility index (Phi) is 8.12. The molecular formula is C22H25ClN4O4. The van der Waals surface area contributed by atoms with Crippen LogP contribution in [-0.4, -0.2) is 62.1 Å². The van der Waals surface area contributed by atoms with Crippen LogP contribution >= 0.6 is 11.6 Å². The Morgan fingerprint density at radius 3 is 2.23 bits per heavy atom. The molecule has 0 aliphatic carbocycles. The SMILES string of the molecule is O=C(CNC(=O)OCc1ccccc1)NCC(=O)N1CCN(c2ccc(Cl)cc2)CC1. The van der Waals surface area contributed by atoms with Gasteiger partial charge in [-0.05, 0) is 29.8 Å². The molecule has 0 aromatic heterocycles. The van der Waals surface area contributed by atoms with Crippen LogP contribution < -0.4 is 15.5 Å². The van der Waals surface area contributed by atoms with Crippen LogP contribution in [0.15, 0.2) is 54.6 Å². The molecule has 0 radical (unpaired) electrons. The second-order valence-electron chi connectivity index (χ2n) is 7.04. The summed E-state index contributed by atoms with van der Waals surface area (Å²) in [5.41, 5.74) is 1.92. The fraction of sp³-hybridized carbons (Fsp3) is 0.318. The van der Waals surface area contributed by atoms with Gasteiger partial charge in [0.15, 0.2) is 0 Å². The van der Waals surface area contributed by atoms with Gasteiger partial charge in [0.1, 0.15) is 13.2 Å². The molecule has 0 atom stereocenters. The molecule has 2 N–H and O–H groups in total. The first-order valence-corrected chi connectivity index (χ1v) is 10.4. The summed E-state index contributed by atoms with van der Waals surface area (Å²) in [4.78, 5) is 39.8. The summed E-state index contributed by atoms with van der Waals surface area (Å²) < 4.78 is 5.04. The van der Waals surface area contributed by atoms with Crippen molar-refractivity contribution in [3.05, 3.63) is 65.2 Å². The van der Waals surface area contributed by atoms with Crippen LogP contribution in [0.2, 0.25) is 5.02 Å². The van der Waals surface area contributed by atoms with Gasteiger partial charge in [0.25, 0.3) is 0 Å². The molecule has 2 aromatic carbocycles. The van der Waals surface area contributed by atoms with Gasteiger partial charge in [0.05, 0.1) is 6.54 Å². The molecule has 0 bridgehead atoms. The molecule has 0 saturated carbocycles. The monoisotopic (exact) mass is 444 g/mol. The summed E-state index contributed by atoms with van der Waals surface area (Å²) >= 11 is 5.92. The van der Waals surface area contributed by atoms with Gasteiger partial charge >= 0.3 is 6.09 Å². The lowest BCUT2D eigenvalue weighted by Gasteiger charge is -2.36. The molecule has 3 amide bonds. The summed E-state index contributed by atoms with van der Waals surface area (Å²) in [6.07, 6.45) is -0.691. The molecule has 0 unspecified atom stereocenters. The summed E-state index contributed by atoms with van der Waals surface area (Å²) in [7, 11) is 0. The van der Waals surface area contributed by atoms with Crippen molar-refractivity contribution in [1.29, 1.82) is 0 Å². The van der Waals surface area contributed by atoms with Gasteiger partial charge in [-0.25, -0.2) is 4.79 Å². The van der Waals surface area contributed by atoms with E-state index in [9.17, 15) is 14.4 Å². The van der Waals surface area contributed by atoms with Crippen LogP contribution in [0.5, 0.6) is 0 Å². The zero-order valence-corrected chi connectivity index (χ0v) is 17.8. The van der Waals surface area contributed by atoms with Crippen LogP contribution in [0.25, 0.3) is 0 Å². The maximum absolute atomic E-state index is 12.4. The number of piperazine rings is 1. The Hall–Kier alpha value is -3.26. The van der Waals surface area contributed by atoms with E-state index < -0.39 is 12.0 Å². The highest BCUT2D eigenvalue weighted by Gasteiger charge is 2.21. The molecule has 1 fully saturated rings. The van der Waals surface area contributed by atoms with E-state index in [1.165, 1.54) is 0 Å². The zero-order chi connectivity index (χ0) is 22.1. The van der Waals surface area contributed by atoms with Gasteiger partial charge in [-0.2, -0.15) is 0 Å². The largest absolute Gasteiger partial charge is 0.445 e. The van der Waals surface area contributed by atoms with Crippen molar-refractivity contribution in [3.63, 3.8) is 0 Å². The highest BCUT2D eigenvalue weighted by molar-refractivity contribution is 6.30. The summed E-state index contributed by atoms with van der Waals surface area (Å²) in [5, 5.41) is 5.59. The number of halogens is 1. The van der Waals surface area contributed by atoms with Gasteiger partial charge in [-0.1, -0.05) is 41.9 Å². The van der Waals surface area contributed by atoms with Crippen LogP contribution in [0.3, 0.4) is 0 Å². The first-order valence-electron chi connectivity index (χ1n) is 10.0. The summed E-state index contributed by atoms with van der Waals surface area (Å²) in [5.74, 6) is -0.611.